The van der Waals surface area contributed by atoms with Crippen LogP contribution < -0.4 is 0 Å². The van der Waals surface area contributed by atoms with Crippen LogP contribution in [0.25, 0.3) is 6.08 Å². The minimum Gasteiger partial charge on any atom is -0.256 e. The standard InChI is InChI=1S/C16H14ClN/c1-2-5-13-6-3-4-7-14(13)12-18-16-10-8-15(17)9-11-16/h2-12H,1H3/b5-2-,18-12?. The van der Waals surface area contributed by atoms with Gasteiger partial charge in [-0.25, -0.2) is 0 Å². The predicted octanol–water partition coefficient (Wildman–Crippen LogP) is 5.12. The molecule has 2 heteroatoms. The fourth-order valence-electron chi connectivity index (χ4n) is 1.63. The molecule has 0 fully saturated rings. The second kappa shape index (κ2) is 6.18. The minimum atomic E-state index is 0.725. The molecule has 2 rings (SSSR count). The van der Waals surface area contributed by atoms with Crippen molar-refractivity contribution in [3.8, 4) is 0 Å². The molecule has 2 aromatic rings. The highest BCUT2D eigenvalue weighted by atomic mass is 35.5. The van der Waals surface area contributed by atoms with Crippen molar-refractivity contribution in [2.24, 2.45) is 4.99 Å². The van der Waals surface area contributed by atoms with Crippen LogP contribution in [0.1, 0.15) is 18.1 Å². The van der Waals surface area contributed by atoms with Crippen molar-refractivity contribution in [3.63, 3.8) is 0 Å². The van der Waals surface area contributed by atoms with E-state index in [1.165, 1.54) is 0 Å². The summed E-state index contributed by atoms with van der Waals surface area (Å²) in [5, 5.41) is 0.725. The van der Waals surface area contributed by atoms with Crippen LogP contribution in [0.3, 0.4) is 0 Å². The van der Waals surface area contributed by atoms with Gasteiger partial charge in [0.2, 0.25) is 0 Å². The van der Waals surface area contributed by atoms with Gasteiger partial charge in [0.25, 0.3) is 0 Å². The van der Waals surface area contributed by atoms with Gasteiger partial charge in [-0.05, 0) is 42.3 Å². The van der Waals surface area contributed by atoms with Crippen molar-refractivity contribution < 1.29 is 0 Å². The number of nitrogens with zero attached hydrogens (tertiary/aromatic N) is 1. The van der Waals surface area contributed by atoms with Crippen molar-refractivity contribution in [3.05, 3.63) is 70.8 Å². The Bertz CT molecular complexity index is 568. The Hall–Kier alpha value is -1.86. The molecule has 0 unspecified atom stereocenters. The van der Waals surface area contributed by atoms with E-state index in [4.69, 9.17) is 11.6 Å². The number of hydrogen-bond acceptors (Lipinski definition) is 1. The van der Waals surface area contributed by atoms with E-state index >= 15 is 0 Å². The number of rotatable bonds is 3. The quantitative estimate of drug-likeness (QED) is 0.675. The Balaban J connectivity index is 2.25. The number of allylic oxidation sites excluding steroid dienone is 1. The van der Waals surface area contributed by atoms with Gasteiger partial charge >= 0.3 is 0 Å². The number of aliphatic imine (C=N–C) groups is 1. The predicted molar refractivity (Wildman–Crippen MR) is 79.9 cm³/mol. The molecule has 0 aromatic heterocycles. The van der Waals surface area contributed by atoms with Crippen LogP contribution in [0.15, 0.2) is 59.6 Å². The molecule has 18 heavy (non-hydrogen) atoms. The van der Waals surface area contributed by atoms with Gasteiger partial charge < -0.3 is 0 Å². The smallest absolute Gasteiger partial charge is 0.0630 e. The Labute approximate surface area is 112 Å². The summed E-state index contributed by atoms with van der Waals surface area (Å²) in [6.07, 6.45) is 5.97. The first-order chi connectivity index (χ1) is 8.79. The van der Waals surface area contributed by atoms with E-state index < -0.39 is 0 Å². The van der Waals surface area contributed by atoms with Gasteiger partial charge in [-0.3, -0.25) is 4.99 Å². The van der Waals surface area contributed by atoms with Crippen LogP contribution in [-0.4, -0.2) is 6.21 Å². The molecule has 0 bridgehead atoms. The molecule has 1 nitrogen and oxygen atoms in total. The van der Waals surface area contributed by atoms with E-state index in [2.05, 4.69) is 23.2 Å². The molecule has 0 atom stereocenters. The average Bonchev–Trinajstić information content (AvgIpc) is 2.40. The van der Waals surface area contributed by atoms with Gasteiger partial charge in [0.1, 0.15) is 0 Å². The normalized spacial score (nSPS) is 11.4. The molecule has 0 amide bonds. The number of halogens is 1. The summed E-state index contributed by atoms with van der Waals surface area (Å²) in [6.45, 7) is 2.01. The average molecular weight is 256 g/mol. The monoisotopic (exact) mass is 255 g/mol. The van der Waals surface area contributed by atoms with Crippen LogP contribution in [0.4, 0.5) is 5.69 Å². The lowest BCUT2D eigenvalue weighted by atomic mass is 10.1. The first kappa shape index (κ1) is 12.6. The number of benzene rings is 2. The first-order valence-electron chi connectivity index (χ1n) is 5.81. The van der Waals surface area contributed by atoms with Crippen LogP contribution in [0.5, 0.6) is 0 Å². The van der Waals surface area contributed by atoms with E-state index in [0.717, 1.165) is 21.8 Å². The molecule has 0 saturated heterocycles. The maximum Gasteiger partial charge on any atom is 0.0630 e. The fraction of sp³-hybridized carbons (Fsp3) is 0.0625. The highest BCUT2D eigenvalue weighted by molar-refractivity contribution is 6.30. The molecule has 0 heterocycles. The second-order valence-electron chi connectivity index (χ2n) is 3.86. The zero-order valence-corrected chi connectivity index (χ0v) is 10.9. The molecule has 0 spiro atoms. The molecule has 2 aromatic carbocycles. The molecule has 0 aliphatic rings. The van der Waals surface area contributed by atoms with E-state index in [1.807, 2.05) is 55.6 Å². The summed E-state index contributed by atoms with van der Waals surface area (Å²) in [5.41, 5.74) is 3.16. The molecule has 0 aliphatic heterocycles. The van der Waals surface area contributed by atoms with Crippen molar-refractivity contribution in [1.82, 2.24) is 0 Å². The van der Waals surface area contributed by atoms with Crippen LogP contribution in [0.2, 0.25) is 5.02 Å². The zero-order valence-electron chi connectivity index (χ0n) is 10.2. The number of hydrogen-bond donors (Lipinski definition) is 0. The molecule has 0 saturated carbocycles. The van der Waals surface area contributed by atoms with Crippen molar-refractivity contribution >= 4 is 29.6 Å². The summed E-state index contributed by atoms with van der Waals surface area (Å²) in [6, 6.07) is 15.6. The topological polar surface area (TPSA) is 12.4 Å². The van der Waals surface area contributed by atoms with Gasteiger partial charge in [-0.1, -0.05) is 48.0 Å². The van der Waals surface area contributed by atoms with Gasteiger partial charge in [-0.2, -0.15) is 0 Å². The molecule has 0 N–H and O–H groups in total. The molecular weight excluding hydrogens is 242 g/mol. The third kappa shape index (κ3) is 3.31. The van der Waals surface area contributed by atoms with Crippen molar-refractivity contribution in [2.45, 2.75) is 6.92 Å². The lowest BCUT2D eigenvalue weighted by Crippen LogP contribution is -1.85. The van der Waals surface area contributed by atoms with E-state index in [9.17, 15) is 0 Å². The highest BCUT2D eigenvalue weighted by Gasteiger charge is 1.95. The van der Waals surface area contributed by atoms with Gasteiger partial charge in [0.15, 0.2) is 0 Å². The summed E-state index contributed by atoms with van der Waals surface area (Å²) < 4.78 is 0. The fourth-order valence-corrected chi connectivity index (χ4v) is 1.76. The lowest BCUT2D eigenvalue weighted by molar-refractivity contribution is 1.52. The minimum absolute atomic E-state index is 0.725. The van der Waals surface area contributed by atoms with E-state index in [1.54, 1.807) is 0 Å². The van der Waals surface area contributed by atoms with Crippen molar-refractivity contribution in [2.75, 3.05) is 0 Å². The van der Waals surface area contributed by atoms with Gasteiger partial charge in [0.05, 0.1) is 5.69 Å². The second-order valence-corrected chi connectivity index (χ2v) is 4.30. The Morgan fingerprint density at radius 2 is 1.61 bits per heavy atom. The van der Waals surface area contributed by atoms with Crippen LogP contribution in [-0.2, 0) is 0 Å². The Morgan fingerprint density at radius 3 is 2.28 bits per heavy atom. The van der Waals surface area contributed by atoms with Gasteiger partial charge in [-0.15, -0.1) is 0 Å². The zero-order chi connectivity index (χ0) is 12.8. The highest BCUT2D eigenvalue weighted by Crippen LogP contribution is 2.17. The van der Waals surface area contributed by atoms with E-state index in [0.29, 0.717) is 0 Å². The SMILES string of the molecule is C/C=C\c1ccccc1C=Nc1ccc(Cl)cc1. The van der Waals surface area contributed by atoms with Crippen LogP contribution >= 0.6 is 11.6 Å². The molecular formula is C16H14ClN. The Kier molecular flexibility index (Phi) is 4.32. The van der Waals surface area contributed by atoms with Gasteiger partial charge in [0, 0.05) is 11.2 Å². The third-order valence-corrected chi connectivity index (χ3v) is 2.77. The summed E-state index contributed by atoms with van der Waals surface area (Å²) in [5.74, 6) is 0. The molecule has 90 valence electrons. The maximum absolute atomic E-state index is 5.83. The van der Waals surface area contributed by atoms with Crippen molar-refractivity contribution in [1.29, 1.82) is 0 Å². The third-order valence-electron chi connectivity index (χ3n) is 2.52. The largest absolute Gasteiger partial charge is 0.256 e. The summed E-state index contributed by atoms with van der Waals surface area (Å²) >= 11 is 5.83. The summed E-state index contributed by atoms with van der Waals surface area (Å²) in [7, 11) is 0. The Morgan fingerprint density at radius 1 is 0.944 bits per heavy atom. The lowest BCUT2D eigenvalue weighted by Gasteiger charge is -1.99. The van der Waals surface area contributed by atoms with E-state index in [-0.39, 0.29) is 0 Å². The van der Waals surface area contributed by atoms with Crippen LogP contribution in [0, 0.1) is 0 Å². The first-order valence-corrected chi connectivity index (χ1v) is 6.19. The molecule has 0 aliphatic carbocycles. The molecule has 0 radical (unpaired) electrons. The maximum atomic E-state index is 5.83. The summed E-state index contributed by atoms with van der Waals surface area (Å²) in [4.78, 5) is 4.44.